The zero-order valence-electron chi connectivity index (χ0n) is 9.97. The van der Waals surface area contributed by atoms with Crippen LogP contribution in [0.1, 0.15) is 36.1 Å². The molecule has 1 aliphatic heterocycles. The van der Waals surface area contributed by atoms with E-state index in [-0.39, 0.29) is 12.1 Å². The highest BCUT2D eigenvalue weighted by Crippen LogP contribution is 2.32. The number of carbonyl (C=O) groups is 1. The Balaban J connectivity index is 2.44. The average molecular weight is 219 g/mol. The summed E-state index contributed by atoms with van der Waals surface area (Å²) in [7, 11) is 1.84. The molecule has 1 atom stereocenters. The number of hydrogen-bond acceptors (Lipinski definition) is 3. The van der Waals surface area contributed by atoms with Gasteiger partial charge in [0.15, 0.2) is 0 Å². The van der Waals surface area contributed by atoms with Gasteiger partial charge in [0.2, 0.25) is 0 Å². The molecule has 1 aliphatic rings. The van der Waals surface area contributed by atoms with Gasteiger partial charge in [0.05, 0.1) is 11.3 Å². The molecule has 0 aromatic carbocycles. The summed E-state index contributed by atoms with van der Waals surface area (Å²) in [6.07, 6.45) is 1.75. The zero-order chi connectivity index (χ0) is 11.7. The van der Waals surface area contributed by atoms with Crippen LogP contribution in [0.15, 0.2) is 18.3 Å². The van der Waals surface area contributed by atoms with Crippen LogP contribution in [0.5, 0.6) is 0 Å². The van der Waals surface area contributed by atoms with Crippen LogP contribution < -0.4 is 0 Å². The molecule has 0 N–H and O–H groups in total. The van der Waals surface area contributed by atoms with E-state index in [2.05, 4.69) is 23.7 Å². The molecule has 1 aromatic heterocycles. The molecule has 4 nitrogen and oxygen atoms in total. The van der Waals surface area contributed by atoms with Gasteiger partial charge in [-0.25, -0.2) is 0 Å². The lowest BCUT2D eigenvalue weighted by Gasteiger charge is -2.31. The SMILES string of the molecule is CCN(CC)C1c2ncccc2C(=O)N1C. The van der Waals surface area contributed by atoms with Crippen molar-refractivity contribution in [3.05, 3.63) is 29.6 Å². The molecule has 0 aliphatic carbocycles. The van der Waals surface area contributed by atoms with Crippen LogP contribution in [-0.4, -0.2) is 40.8 Å². The Morgan fingerprint density at radius 3 is 2.75 bits per heavy atom. The van der Waals surface area contributed by atoms with Crippen LogP contribution in [0, 0.1) is 0 Å². The molecule has 16 heavy (non-hydrogen) atoms. The van der Waals surface area contributed by atoms with Gasteiger partial charge in [-0.3, -0.25) is 14.7 Å². The Hall–Kier alpha value is -1.42. The van der Waals surface area contributed by atoms with Crippen LogP contribution in [-0.2, 0) is 0 Å². The second-order valence-corrected chi connectivity index (χ2v) is 3.95. The van der Waals surface area contributed by atoms with Gasteiger partial charge in [0.1, 0.15) is 6.17 Å². The summed E-state index contributed by atoms with van der Waals surface area (Å²) < 4.78 is 0. The summed E-state index contributed by atoms with van der Waals surface area (Å²) in [6, 6.07) is 3.67. The van der Waals surface area contributed by atoms with Crippen molar-refractivity contribution in [3.8, 4) is 0 Å². The predicted octanol–water partition coefficient (Wildman–Crippen LogP) is 1.51. The van der Waals surface area contributed by atoms with Gasteiger partial charge in [0.25, 0.3) is 5.91 Å². The molecule has 2 heterocycles. The van der Waals surface area contributed by atoms with E-state index in [1.165, 1.54) is 0 Å². The van der Waals surface area contributed by atoms with Crippen molar-refractivity contribution >= 4 is 5.91 Å². The third-order valence-electron chi connectivity index (χ3n) is 3.16. The predicted molar refractivity (Wildman–Crippen MR) is 62.0 cm³/mol. The Labute approximate surface area is 95.9 Å². The maximum Gasteiger partial charge on any atom is 0.257 e. The smallest absolute Gasteiger partial charge is 0.257 e. The van der Waals surface area contributed by atoms with Gasteiger partial charge >= 0.3 is 0 Å². The molecule has 0 fully saturated rings. The molecule has 0 bridgehead atoms. The Bertz CT molecular complexity index is 401. The highest BCUT2D eigenvalue weighted by molar-refractivity contribution is 5.98. The number of amides is 1. The number of pyridine rings is 1. The third-order valence-corrected chi connectivity index (χ3v) is 3.16. The number of carbonyl (C=O) groups excluding carboxylic acids is 1. The van der Waals surface area contributed by atoms with Crippen molar-refractivity contribution in [2.75, 3.05) is 20.1 Å². The molecular formula is C12H17N3O. The van der Waals surface area contributed by atoms with E-state index in [4.69, 9.17) is 0 Å². The van der Waals surface area contributed by atoms with Gasteiger partial charge in [0, 0.05) is 13.2 Å². The van der Waals surface area contributed by atoms with Crippen molar-refractivity contribution in [2.24, 2.45) is 0 Å². The molecule has 86 valence electrons. The van der Waals surface area contributed by atoms with Crippen LogP contribution >= 0.6 is 0 Å². The quantitative estimate of drug-likeness (QED) is 0.773. The Morgan fingerprint density at radius 2 is 2.12 bits per heavy atom. The summed E-state index contributed by atoms with van der Waals surface area (Å²) in [5.41, 5.74) is 1.63. The summed E-state index contributed by atoms with van der Waals surface area (Å²) in [4.78, 5) is 20.4. The number of rotatable bonds is 3. The minimum atomic E-state index is -0.00120. The fourth-order valence-electron chi connectivity index (χ4n) is 2.28. The minimum absolute atomic E-state index is 0.00120. The van der Waals surface area contributed by atoms with E-state index >= 15 is 0 Å². The Kier molecular flexibility index (Phi) is 2.92. The molecule has 1 amide bonds. The molecular weight excluding hydrogens is 202 g/mol. The van der Waals surface area contributed by atoms with Crippen molar-refractivity contribution < 1.29 is 4.79 Å². The molecule has 0 saturated carbocycles. The zero-order valence-corrected chi connectivity index (χ0v) is 9.97. The topological polar surface area (TPSA) is 36.4 Å². The molecule has 1 aromatic rings. The largest absolute Gasteiger partial charge is 0.320 e. The maximum absolute atomic E-state index is 12.0. The Morgan fingerprint density at radius 1 is 1.44 bits per heavy atom. The van der Waals surface area contributed by atoms with Gasteiger partial charge in [-0.1, -0.05) is 13.8 Å². The summed E-state index contributed by atoms with van der Waals surface area (Å²) in [5, 5.41) is 0. The molecule has 0 saturated heterocycles. The summed E-state index contributed by atoms with van der Waals surface area (Å²) >= 11 is 0. The van der Waals surface area contributed by atoms with E-state index in [9.17, 15) is 4.79 Å². The van der Waals surface area contributed by atoms with E-state index < -0.39 is 0 Å². The normalized spacial score (nSPS) is 19.4. The molecule has 0 spiro atoms. The first kappa shape index (κ1) is 11.1. The summed E-state index contributed by atoms with van der Waals surface area (Å²) in [5.74, 6) is 0.0694. The van der Waals surface area contributed by atoms with E-state index in [0.29, 0.717) is 0 Å². The number of fused-ring (bicyclic) bond motifs is 1. The fourth-order valence-corrected chi connectivity index (χ4v) is 2.28. The van der Waals surface area contributed by atoms with Gasteiger partial charge in [-0.2, -0.15) is 0 Å². The number of nitrogens with zero attached hydrogens (tertiary/aromatic N) is 3. The van der Waals surface area contributed by atoms with Crippen LogP contribution in [0.4, 0.5) is 0 Å². The number of hydrogen-bond donors (Lipinski definition) is 0. The summed E-state index contributed by atoms with van der Waals surface area (Å²) in [6.45, 7) is 6.02. The average Bonchev–Trinajstić information content (AvgIpc) is 2.57. The lowest BCUT2D eigenvalue weighted by Crippen LogP contribution is -2.37. The standard InChI is InChI=1S/C12H17N3O/c1-4-15(5-2)11-10-9(7-6-8-13-10)12(16)14(11)3/h6-8,11H,4-5H2,1-3H3. The monoisotopic (exact) mass is 219 g/mol. The lowest BCUT2D eigenvalue weighted by atomic mass is 10.2. The van der Waals surface area contributed by atoms with Gasteiger partial charge < -0.3 is 4.90 Å². The second-order valence-electron chi connectivity index (χ2n) is 3.95. The fraction of sp³-hybridized carbons (Fsp3) is 0.500. The second kappa shape index (κ2) is 4.22. The minimum Gasteiger partial charge on any atom is -0.320 e. The molecule has 0 radical (unpaired) electrons. The van der Waals surface area contributed by atoms with Crippen molar-refractivity contribution in [3.63, 3.8) is 0 Å². The van der Waals surface area contributed by atoms with Gasteiger partial charge in [-0.15, -0.1) is 0 Å². The maximum atomic E-state index is 12.0. The van der Waals surface area contributed by atoms with Crippen LogP contribution in [0.2, 0.25) is 0 Å². The van der Waals surface area contributed by atoms with E-state index in [1.807, 2.05) is 19.2 Å². The lowest BCUT2D eigenvalue weighted by molar-refractivity contribution is 0.0520. The highest BCUT2D eigenvalue weighted by Gasteiger charge is 2.37. The molecule has 2 rings (SSSR count). The third kappa shape index (κ3) is 1.50. The van der Waals surface area contributed by atoms with Crippen molar-refractivity contribution in [1.29, 1.82) is 0 Å². The van der Waals surface area contributed by atoms with E-state index in [0.717, 1.165) is 24.3 Å². The first-order valence-electron chi connectivity index (χ1n) is 5.66. The first-order valence-corrected chi connectivity index (χ1v) is 5.66. The van der Waals surface area contributed by atoms with Crippen molar-refractivity contribution in [1.82, 2.24) is 14.8 Å². The first-order chi connectivity index (χ1) is 7.70. The number of aromatic nitrogens is 1. The van der Waals surface area contributed by atoms with E-state index in [1.54, 1.807) is 11.1 Å². The van der Waals surface area contributed by atoms with Crippen molar-refractivity contribution in [2.45, 2.75) is 20.0 Å². The van der Waals surface area contributed by atoms with Crippen LogP contribution in [0.25, 0.3) is 0 Å². The van der Waals surface area contributed by atoms with Crippen LogP contribution in [0.3, 0.4) is 0 Å². The molecule has 4 heteroatoms. The molecule has 1 unspecified atom stereocenters. The van der Waals surface area contributed by atoms with Gasteiger partial charge in [-0.05, 0) is 25.2 Å². The highest BCUT2D eigenvalue weighted by atomic mass is 16.2.